The maximum Gasteiger partial charge on any atom is 0.255 e. The van der Waals surface area contributed by atoms with Crippen molar-refractivity contribution in [3.8, 4) is 11.4 Å². The lowest BCUT2D eigenvalue weighted by Gasteiger charge is -2.27. The second-order valence-electron chi connectivity index (χ2n) is 8.35. The fourth-order valence-electron chi connectivity index (χ4n) is 3.10. The summed E-state index contributed by atoms with van der Waals surface area (Å²) >= 11 is 6.19. The first kappa shape index (κ1) is 19.4. The number of H-pyrrole nitrogens is 1. The van der Waals surface area contributed by atoms with Gasteiger partial charge < -0.3 is 10.3 Å². The number of aryl methyl sites for hydroxylation is 1. The normalized spacial score (nSPS) is 13.2. The molecule has 150 valence electrons. The molecule has 3 heterocycles. The molecule has 2 N–H and O–H groups in total. The molecule has 8 heteroatoms. The Labute approximate surface area is 173 Å². The predicted octanol–water partition coefficient (Wildman–Crippen LogP) is 4.33. The molecule has 4 rings (SSSR count). The van der Waals surface area contributed by atoms with Gasteiger partial charge in [0.1, 0.15) is 16.9 Å². The highest BCUT2D eigenvalue weighted by Crippen LogP contribution is 2.29. The molecule has 0 fully saturated rings. The van der Waals surface area contributed by atoms with E-state index in [4.69, 9.17) is 16.6 Å². The molecule has 0 unspecified atom stereocenters. The monoisotopic (exact) mass is 410 g/mol. The average Bonchev–Trinajstić information content (AvgIpc) is 3.21. The Morgan fingerprint density at radius 3 is 2.79 bits per heavy atom. The van der Waals surface area contributed by atoms with Gasteiger partial charge in [-0.1, -0.05) is 32.4 Å². The largest absolute Gasteiger partial charge is 0.349 e. The molecule has 29 heavy (non-hydrogen) atoms. The standard InChI is InChI=1S/C21H23ClN6O/c1-11(21(2,3)4)25-20(29)14-9-23-19-18(14)26-15(10-24-19)17-13-8-12(22)6-7-16(13)28(5)27-17/h6-11H,1-5H3,(H,23,24)(H,25,29)/t11-/m0/s1. The van der Waals surface area contributed by atoms with E-state index in [1.165, 1.54) is 0 Å². The van der Waals surface area contributed by atoms with Crippen LogP contribution in [0.15, 0.2) is 30.6 Å². The zero-order valence-electron chi connectivity index (χ0n) is 17.0. The Hall–Kier alpha value is -2.93. The number of halogens is 1. The average molecular weight is 411 g/mol. The second-order valence-corrected chi connectivity index (χ2v) is 8.79. The van der Waals surface area contributed by atoms with Crippen molar-refractivity contribution in [3.63, 3.8) is 0 Å². The SMILES string of the molecule is C[C@H](NC(=O)c1c[nH]c2ncc(-c3nn(C)c4ccc(Cl)cc34)nc12)C(C)(C)C. The van der Waals surface area contributed by atoms with Crippen LogP contribution in [0.5, 0.6) is 0 Å². The molecule has 0 bridgehead atoms. The summed E-state index contributed by atoms with van der Waals surface area (Å²) in [4.78, 5) is 25.0. The number of fused-ring (bicyclic) bond motifs is 2. The van der Waals surface area contributed by atoms with E-state index in [0.29, 0.717) is 33.1 Å². The van der Waals surface area contributed by atoms with Gasteiger partial charge >= 0.3 is 0 Å². The van der Waals surface area contributed by atoms with E-state index in [0.717, 1.165) is 10.9 Å². The van der Waals surface area contributed by atoms with Crippen LogP contribution in [0.1, 0.15) is 38.1 Å². The van der Waals surface area contributed by atoms with Crippen molar-refractivity contribution in [3.05, 3.63) is 41.2 Å². The van der Waals surface area contributed by atoms with Crippen molar-refractivity contribution in [2.45, 2.75) is 33.7 Å². The zero-order valence-corrected chi connectivity index (χ0v) is 17.8. The van der Waals surface area contributed by atoms with Gasteiger partial charge in [-0.2, -0.15) is 5.10 Å². The Morgan fingerprint density at radius 1 is 1.31 bits per heavy atom. The Kier molecular flexibility index (Phi) is 4.58. The Bertz CT molecular complexity index is 1230. The van der Waals surface area contributed by atoms with Crippen molar-refractivity contribution < 1.29 is 4.79 Å². The quantitative estimate of drug-likeness (QED) is 0.526. The van der Waals surface area contributed by atoms with Gasteiger partial charge in [0.2, 0.25) is 0 Å². The van der Waals surface area contributed by atoms with Gasteiger partial charge in [0, 0.05) is 29.7 Å². The van der Waals surface area contributed by atoms with Crippen molar-refractivity contribution in [1.29, 1.82) is 0 Å². The van der Waals surface area contributed by atoms with Crippen LogP contribution in [0.3, 0.4) is 0 Å². The molecule has 7 nitrogen and oxygen atoms in total. The molecule has 0 saturated carbocycles. The third kappa shape index (κ3) is 3.46. The lowest BCUT2D eigenvalue weighted by molar-refractivity contribution is 0.0911. The third-order valence-corrected chi connectivity index (χ3v) is 5.56. The third-order valence-electron chi connectivity index (χ3n) is 5.33. The number of carbonyl (C=O) groups is 1. The molecule has 0 aliphatic rings. The number of aromatic amines is 1. The number of amides is 1. The first-order valence-electron chi connectivity index (χ1n) is 9.43. The molecule has 4 aromatic rings. The van der Waals surface area contributed by atoms with Crippen LogP contribution in [0.4, 0.5) is 0 Å². The summed E-state index contributed by atoms with van der Waals surface area (Å²) < 4.78 is 1.78. The topological polar surface area (TPSA) is 88.5 Å². The number of nitrogens with one attached hydrogen (secondary N) is 2. The molecule has 1 aromatic carbocycles. The summed E-state index contributed by atoms with van der Waals surface area (Å²) in [7, 11) is 1.87. The van der Waals surface area contributed by atoms with Crippen molar-refractivity contribution in [2.24, 2.45) is 12.5 Å². The molecule has 0 saturated heterocycles. The molecular weight excluding hydrogens is 388 g/mol. The van der Waals surface area contributed by atoms with Crippen molar-refractivity contribution >= 4 is 39.6 Å². The smallest absolute Gasteiger partial charge is 0.255 e. The van der Waals surface area contributed by atoms with Crippen LogP contribution in [0.2, 0.25) is 5.02 Å². The number of hydrogen-bond donors (Lipinski definition) is 2. The number of benzene rings is 1. The first-order chi connectivity index (χ1) is 13.6. The lowest BCUT2D eigenvalue weighted by Crippen LogP contribution is -2.41. The van der Waals surface area contributed by atoms with Crippen LogP contribution < -0.4 is 5.32 Å². The maximum absolute atomic E-state index is 12.8. The molecule has 0 aliphatic carbocycles. The van der Waals surface area contributed by atoms with E-state index in [2.05, 4.69) is 41.2 Å². The van der Waals surface area contributed by atoms with Gasteiger partial charge in [-0.3, -0.25) is 9.48 Å². The minimum Gasteiger partial charge on any atom is -0.349 e. The molecule has 3 aromatic heterocycles. The predicted molar refractivity (Wildman–Crippen MR) is 115 cm³/mol. The number of carbonyl (C=O) groups excluding carboxylic acids is 1. The summed E-state index contributed by atoms with van der Waals surface area (Å²) in [5.74, 6) is -0.181. The van der Waals surface area contributed by atoms with Gasteiger partial charge in [0.25, 0.3) is 5.91 Å². The van der Waals surface area contributed by atoms with Crippen LogP contribution in [-0.4, -0.2) is 36.7 Å². The molecule has 0 aliphatic heterocycles. The molecule has 0 radical (unpaired) electrons. The van der Waals surface area contributed by atoms with Gasteiger partial charge in [0.15, 0.2) is 5.65 Å². The minimum absolute atomic E-state index is 0.00188. The van der Waals surface area contributed by atoms with E-state index < -0.39 is 0 Å². The summed E-state index contributed by atoms with van der Waals surface area (Å²) in [5.41, 5.74) is 3.69. The summed E-state index contributed by atoms with van der Waals surface area (Å²) in [6.45, 7) is 8.25. The van der Waals surface area contributed by atoms with Gasteiger partial charge in [-0.15, -0.1) is 0 Å². The van der Waals surface area contributed by atoms with E-state index in [1.807, 2.05) is 32.2 Å². The van der Waals surface area contributed by atoms with Gasteiger partial charge in [-0.25, -0.2) is 9.97 Å². The summed E-state index contributed by atoms with van der Waals surface area (Å²) in [6, 6.07) is 5.61. The van der Waals surface area contributed by atoms with Crippen LogP contribution in [-0.2, 0) is 7.05 Å². The van der Waals surface area contributed by atoms with E-state index in [1.54, 1.807) is 17.1 Å². The van der Waals surface area contributed by atoms with Crippen LogP contribution in [0, 0.1) is 5.41 Å². The Balaban J connectivity index is 1.79. The fraction of sp³-hybridized carbons (Fsp3) is 0.333. The van der Waals surface area contributed by atoms with Crippen LogP contribution >= 0.6 is 11.6 Å². The molecular formula is C21H23ClN6O. The molecule has 1 atom stereocenters. The number of nitrogens with zero attached hydrogens (tertiary/aromatic N) is 4. The second kappa shape index (κ2) is 6.84. The highest BCUT2D eigenvalue weighted by molar-refractivity contribution is 6.31. The van der Waals surface area contributed by atoms with E-state index in [9.17, 15) is 4.79 Å². The summed E-state index contributed by atoms with van der Waals surface area (Å²) in [5, 5.41) is 9.15. The highest BCUT2D eigenvalue weighted by atomic mass is 35.5. The fourth-order valence-corrected chi connectivity index (χ4v) is 3.27. The van der Waals surface area contributed by atoms with Gasteiger partial charge in [0.05, 0.1) is 17.3 Å². The van der Waals surface area contributed by atoms with E-state index >= 15 is 0 Å². The van der Waals surface area contributed by atoms with Crippen molar-refractivity contribution in [2.75, 3.05) is 0 Å². The Morgan fingerprint density at radius 2 is 2.07 bits per heavy atom. The lowest BCUT2D eigenvalue weighted by atomic mass is 9.88. The minimum atomic E-state index is -0.181. The van der Waals surface area contributed by atoms with E-state index in [-0.39, 0.29) is 17.4 Å². The van der Waals surface area contributed by atoms with Crippen molar-refractivity contribution in [1.82, 2.24) is 30.0 Å². The van der Waals surface area contributed by atoms with Gasteiger partial charge in [-0.05, 0) is 30.5 Å². The number of hydrogen-bond acceptors (Lipinski definition) is 4. The number of aromatic nitrogens is 5. The number of rotatable bonds is 3. The van der Waals surface area contributed by atoms with Crippen LogP contribution in [0.25, 0.3) is 33.5 Å². The molecule has 0 spiro atoms. The summed E-state index contributed by atoms with van der Waals surface area (Å²) in [6.07, 6.45) is 3.30. The first-order valence-corrected chi connectivity index (χ1v) is 9.80. The maximum atomic E-state index is 12.8. The molecule has 1 amide bonds. The zero-order chi connectivity index (χ0) is 20.9. The highest BCUT2D eigenvalue weighted by Gasteiger charge is 2.24.